The lowest BCUT2D eigenvalue weighted by molar-refractivity contribution is 0.105. The van der Waals surface area contributed by atoms with Crippen molar-refractivity contribution in [1.82, 2.24) is 4.98 Å². The van der Waals surface area contributed by atoms with Gasteiger partial charge in [0.05, 0.1) is 0 Å². The van der Waals surface area contributed by atoms with Crippen molar-refractivity contribution < 1.29 is 4.79 Å². The Labute approximate surface area is 116 Å². The topological polar surface area (TPSA) is 32.9 Å². The zero-order valence-electron chi connectivity index (χ0n) is 11.1. The first-order valence-electron chi connectivity index (χ1n) is 6.69. The Balaban J connectivity index is 2.04. The fourth-order valence-electron chi connectivity index (χ4n) is 3.05. The molecule has 0 saturated heterocycles. The summed E-state index contributed by atoms with van der Waals surface area (Å²) in [6.45, 7) is 2.06. The molecule has 0 fully saturated rings. The van der Waals surface area contributed by atoms with Gasteiger partial charge in [-0.1, -0.05) is 42.5 Å². The standard InChI is InChI=1S/C18H13NO/c1-11-18(14-8-4-5-9-16(14)19-11)15-10-17(20)13-7-3-2-6-12(13)15/h2-10,19H,1H3. The normalized spacial score (nSPS) is 13.7. The van der Waals surface area contributed by atoms with E-state index < -0.39 is 0 Å². The average molecular weight is 259 g/mol. The number of aromatic amines is 1. The van der Waals surface area contributed by atoms with Gasteiger partial charge < -0.3 is 4.98 Å². The van der Waals surface area contributed by atoms with Crippen LogP contribution < -0.4 is 0 Å². The van der Waals surface area contributed by atoms with E-state index in [-0.39, 0.29) is 5.78 Å². The van der Waals surface area contributed by atoms with Crippen LogP contribution in [-0.2, 0) is 0 Å². The summed E-state index contributed by atoms with van der Waals surface area (Å²) in [6.07, 6.45) is 1.76. The molecule has 1 heterocycles. The minimum atomic E-state index is 0.0975. The molecule has 96 valence electrons. The van der Waals surface area contributed by atoms with E-state index in [0.717, 1.165) is 33.5 Å². The van der Waals surface area contributed by atoms with E-state index in [4.69, 9.17) is 0 Å². The summed E-state index contributed by atoms with van der Waals surface area (Å²) >= 11 is 0. The first kappa shape index (κ1) is 11.2. The average Bonchev–Trinajstić information content (AvgIpc) is 2.96. The van der Waals surface area contributed by atoms with Crippen LogP contribution in [-0.4, -0.2) is 10.8 Å². The third kappa shape index (κ3) is 1.42. The Morgan fingerprint density at radius 1 is 0.900 bits per heavy atom. The van der Waals surface area contributed by atoms with E-state index in [9.17, 15) is 4.79 Å². The summed E-state index contributed by atoms with van der Waals surface area (Å²) in [6, 6.07) is 16.0. The highest BCUT2D eigenvalue weighted by molar-refractivity contribution is 6.20. The molecule has 1 aliphatic carbocycles. The van der Waals surface area contributed by atoms with Gasteiger partial charge in [-0.3, -0.25) is 4.79 Å². The second-order valence-electron chi connectivity index (χ2n) is 5.14. The van der Waals surface area contributed by atoms with Gasteiger partial charge >= 0.3 is 0 Å². The van der Waals surface area contributed by atoms with Crippen molar-refractivity contribution in [2.75, 3.05) is 0 Å². The summed E-state index contributed by atoms with van der Waals surface area (Å²) in [7, 11) is 0. The molecule has 4 rings (SSSR count). The highest BCUT2D eigenvalue weighted by Gasteiger charge is 2.24. The second kappa shape index (κ2) is 3.94. The maximum atomic E-state index is 12.1. The third-order valence-corrected chi connectivity index (χ3v) is 3.92. The molecule has 1 aromatic heterocycles. The number of H-pyrrole nitrogens is 1. The number of hydrogen-bond donors (Lipinski definition) is 1. The van der Waals surface area contributed by atoms with Gasteiger partial charge in [0, 0.05) is 27.7 Å². The van der Waals surface area contributed by atoms with E-state index in [0.29, 0.717) is 0 Å². The minimum Gasteiger partial charge on any atom is -0.358 e. The molecule has 0 saturated carbocycles. The smallest absolute Gasteiger partial charge is 0.187 e. The number of carbonyl (C=O) groups excluding carboxylic acids is 1. The van der Waals surface area contributed by atoms with E-state index in [1.54, 1.807) is 6.08 Å². The molecule has 0 aliphatic heterocycles. The number of carbonyl (C=O) groups is 1. The zero-order valence-corrected chi connectivity index (χ0v) is 11.1. The number of fused-ring (bicyclic) bond motifs is 2. The van der Waals surface area contributed by atoms with Crippen LogP contribution in [0.2, 0.25) is 0 Å². The van der Waals surface area contributed by atoms with Crippen molar-refractivity contribution in [3.63, 3.8) is 0 Å². The van der Waals surface area contributed by atoms with Crippen molar-refractivity contribution >= 4 is 22.3 Å². The van der Waals surface area contributed by atoms with Crippen molar-refractivity contribution in [2.24, 2.45) is 0 Å². The number of hydrogen-bond acceptors (Lipinski definition) is 1. The Morgan fingerprint density at radius 2 is 1.60 bits per heavy atom. The summed E-state index contributed by atoms with van der Waals surface area (Å²) in [5.41, 5.74) is 6.21. The molecule has 0 amide bonds. The quantitative estimate of drug-likeness (QED) is 0.701. The SMILES string of the molecule is Cc1[nH]c2ccccc2c1C1=CC(=O)c2ccccc21. The molecule has 3 aromatic rings. The van der Waals surface area contributed by atoms with Gasteiger partial charge in [-0.2, -0.15) is 0 Å². The van der Waals surface area contributed by atoms with Crippen LogP contribution in [0.1, 0.15) is 27.2 Å². The third-order valence-electron chi connectivity index (χ3n) is 3.92. The van der Waals surface area contributed by atoms with Crippen molar-refractivity contribution in [2.45, 2.75) is 6.92 Å². The summed E-state index contributed by atoms with van der Waals surface area (Å²) in [5, 5.41) is 1.17. The van der Waals surface area contributed by atoms with Gasteiger partial charge in [0.1, 0.15) is 0 Å². The fraction of sp³-hybridized carbons (Fsp3) is 0.0556. The molecule has 2 heteroatoms. The predicted molar refractivity (Wildman–Crippen MR) is 80.9 cm³/mol. The van der Waals surface area contributed by atoms with E-state index >= 15 is 0 Å². The van der Waals surface area contributed by atoms with Crippen LogP contribution in [0.5, 0.6) is 0 Å². The van der Waals surface area contributed by atoms with Crippen molar-refractivity contribution in [1.29, 1.82) is 0 Å². The fourth-order valence-corrected chi connectivity index (χ4v) is 3.05. The highest BCUT2D eigenvalue weighted by Crippen LogP contribution is 2.37. The van der Waals surface area contributed by atoms with Gasteiger partial charge in [-0.25, -0.2) is 0 Å². The first-order valence-corrected chi connectivity index (χ1v) is 6.69. The Kier molecular flexibility index (Phi) is 2.21. The maximum Gasteiger partial charge on any atom is 0.187 e. The highest BCUT2D eigenvalue weighted by atomic mass is 16.1. The Morgan fingerprint density at radius 3 is 2.45 bits per heavy atom. The summed E-state index contributed by atoms with van der Waals surface area (Å²) < 4.78 is 0. The minimum absolute atomic E-state index is 0.0975. The molecular weight excluding hydrogens is 246 g/mol. The van der Waals surface area contributed by atoms with E-state index in [1.165, 1.54) is 5.39 Å². The van der Waals surface area contributed by atoms with Crippen LogP contribution in [0.4, 0.5) is 0 Å². The number of rotatable bonds is 1. The van der Waals surface area contributed by atoms with Crippen molar-refractivity contribution in [3.8, 4) is 0 Å². The number of ketones is 1. The molecule has 0 unspecified atom stereocenters. The molecule has 0 bridgehead atoms. The summed E-state index contributed by atoms with van der Waals surface area (Å²) in [4.78, 5) is 15.5. The number of benzene rings is 2. The molecule has 2 nitrogen and oxygen atoms in total. The largest absolute Gasteiger partial charge is 0.358 e. The molecule has 0 radical (unpaired) electrons. The van der Waals surface area contributed by atoms with Gasteiger partial charge in [-0.15, -0.1) is 0 Å². The lowest BCUT2D eigenvalue weighted by atomic mass is 9.97. The van der Waals surface area contributed by atoms with Gasteiger partial charge in [0.25, 0.3) is 0 Å². The first-order chi connectivity index (χ1) is 9.75. The van der Waals surface area contributed by atoms with Crippen LogP contribution in [0.25, 0.3) is 16.5 Å². The molecule has 1 N–H and O–H groups in total. The van der Waals surface area contributed by atoms with E-state index in [1.807, 2.05) is 36.4 Å². The van der Waals surface area contributed by atoms with Crippen LogP contribution >= 0.6 is 0 Å². The number of aromatic nitrogens is 1. The zero-order chi connectivity index (χ0) is 13.7. The van der Waals surface area contributed by atoms with Crippen LogP contribution in [0.3, 0.4) is 0 Å². The number of nitrogens with one attached hydrogen (secondary N) is 1. The number of para-hydroxylation sites is 1. The van der Waals surface area contributed by atoms with Gasteiger partial charge in [-0.05, 0) is 30.2 Å². The maximum absolute atomic E-state index is 12.1. The summed E-state index contributed by atoms with van der Waals surface area (Å²) in [5.74, 6) is 0.0975. The Bertz CT molecular complexity index is 883. The van der Waals surface area contributed by atoms with Crippen LogP contribution in [0, 0.1) is 6.92 Å². The molecular formula is C18H13NO. The molecule has 0 spiro atoms. The predicted octanol–water partition coefficient (Wildman–Crippen LogP) is 4.10. The van der Waals surface area contributed by atoms with Gasteiger partial charge in [0.2, 0.25) is 0 Å². The number of aryl methyl sites for hydroxylation is 1. The lowest BCUT2D eigenvalue weighted by Gasteiger charge is -2.05. The molecule has 1 aliphatic rings. The van der Waals surface area contributed by atoms with Crippen molar-refractivity contribution in [3.05, 3.63) is 77.0 Å². The molecule has 2 aromatic carbocycles. The number of allylic oxidation sites excluding steroid dienone is 1. The van der Waals surface area contributed by atoms with E-state index in [2.05, 4.69) is 24.0 Å². The lowest BCUT2D eigenvalue weighted by Crippen LogP contribution is -1.90. The monoisotopic (exact) mass is 259 g/mol. The molecule has 0 atom stereocenters. The second-order valence-corrected chi connectivity index (χ2v) is 5.14. The van der Waals surface area contributed by atoms with Crippen LogP contribution in [0.15, 0.2) is 54.6 Å². The Hall–Kier alpha value is -2.61. The molecule has 20 heavy (non-hydrogen) atoms. The van der Waals surface area contributed by atoms with Gasteiger partial charge in [0.15, 0.2) is 5.78 Å².